The molecule has 140 valence electrons. The molecule has 0 bridgehead atoms. The number of aromatic nitrogens is 4. The second-order valence-corrected chi connectivity index (χ2v) is 7.18. The van der Waals surface area contributed by atoms with E-state index in [1.807, 2.05) is 47.3 Å². The van der Waals surface area contributed by atoms with Crippen molar-refractivity contribution in [2.75, 3.05) is 25.1 Å². The summed E-state index contributed by atoms with van der Waals surface area (Å²) in [6.45, 7) is 2.37. The summed E-state index contributed by atoms with van der Waals surface area (Å²) >= 11 is 0. The smallest absolute Gasteiger partial charge is 0.235 e. The molecule has 1 aliphatic rings. The Hall–Kier alpha value is -3.37. The Morgan fingerprint density at radius 1 is 1.00 bits per heavy atom. The average molecular weight is 371 g/mol. The lowest BCUT2D eigenvalue weighted by molar-refractivity contribution is 0.237. The normalized spacial score (nSPS) is 15.8. The van der Waals surface area contributed by atoms with E-state index in [4.69, 9.17) is 10.2 Å². The fourth-order valence-electron chi connectivity index (χ4n) is 3.92. The average Bonchev–Trinajstić information content (AvgIpc) is 3.31. The number of benzene rings is 2. The third kappa shape index (κ3) is 2.88. The van der Waals surface area contributed by atoms with Crippen LogP contribution in [-0.2, 0) is 0 Å². The van der Waals surface area contributed by atoms with Gasteiger partial charge >= 0.3 is 0 Å². The molecule has 7 heteroatoms. The summed E-state index contributed by atoms with van der Waals surface area (Å²) < 4.78 is 4.13. The van der Waals surface area contributed by atoms with Gasteiger partial charge in [-0.15, -0.1) is 0 Å². The molecule has 0 unspecified atom stereocenters. The molecule has 0 radical (unpaired) electrons. The third-order valence-electron chi connectivity index (χ3n) is 5.41. The van der Waals surface area contributed by atoms with Gasteiger partial charge in [0.25, 0.3) is 0 Å². The molecule has 0 spiro atoms. The van der Waals surface area contributed by atoms with Gasteiger partial charge in [-0.2, -0.15) is 5.26 Å². The van der Waals surface area contributed by atoms with Crippen LogP contribution >= 0.6 is 0 Å². The van der Waals surface area contributed by atoms with Crippen molar-refractivity contribution in [2.45, 2.75) is 18.9 Å². The van der Waals surface area contributed by atoms with Crippen LogP contribution < -0.4 is 5.43 Å². The monoisotopic (exact) mass is 371 g/mol. The maximum atomic E-state index is 8.91. The first-order valence-electron chi connectivity index (χ1n) is 9.59. The number of nitrogens with zero attached hydrogens (tertiary/aromatic N) is 6. The number of likely N-dealkylation sites (tertiary alicyclic amines) is 1. The number of nitriles is 1. The van der Waals surface area contributed by atoms with Gasteiger partial charge in [0, 0.05) is 19.1 Å². The highest BCUT2D eigenvalue weighted by molar-refractivity contribution is 5.80. The van der Waals surface area contributed by atoms with Crippen molar-refractivity contribution in [2.24, 2.45) is 0 Å². The number of nitrogens with one attached hydrogen (secondary N) is 1. The van der Waals surface area contributed by atoms with Crippen LogP contribution in [0.1, 0.15) is 12.8 Å². The van der Waals surface area contributed by atoms with Crippen LogP contribution in [0.5, 0.6) is 0 Å². The molecule has 0 atom stereocenters. The summed E-state index contributed by atoms with van der Waals surface area (Å²) in [5.74, 6) is 0.814. The van der Waals surface area contributed by atoms with Gasteiger partial charge in [-0.25, -0.2) is 14.6 Å². The van der Waals surface area contributed by atoms with E-state index in [-0.39, 0.29) is 0 Å². The molecular formula is C21H21N7. The van der Waals surface area contributed by atoms with Crippen LogP contribution in [0, 0.1) is 11.3 Å². The Kier molecular flexibility index (Phi) is 4.18. The highest BCUT2D eigenvalue weighted by atomic mass is 15.5. The molecule has 1 N–H and O–H groups in total. The van der Waals surface area contributed by atoms with E-state index in [9.17, 15) is 0 Å². The Balaban J connectivity index is 1.53. The first kappa shape index (κ1) is 16.8. The summed E-state index contributed by atoms with van der Waals surface area (Å²) in [6.07, 6.45) is 3.83. The number of fused-ring (bicyclic) bond motifs is 2. The van der Waals surface area contributed by atoms with Gasteiger partial charge in [0.05, 0.1) is 34.7 Å². The minimum atomic E-state index is 0.334. The number of piperidine rings is 1. The number of hydrogen-bond donors (Lipinski definition) is 1. The van der Waals surface area contributed by atoms with Crippen LogP contribution in [0.2, 0.25) is 0 Å². The Morgan fingerprint density at radius 3 is 2.50 bits per heavy atom. The highest BCUT2D eigenvalue weighted by Crippen LogP contribution is 2.23. The van der Waals surface area contributed by atoms with Crippen molar-refractivity contribution in [3.8, 4) is 12.0 Å². The lowest BCUT2D eigenvalue weighted by Gasteiger charge is -2.31. The summed E-state index contributed by atoms with van der Waals surface area (Å²) in [5, 5.41) is 8.91. The lowest BCUT2D eigenvalue weighted by Crippen LogP contribution is -2.41. The number of imidazole rings is 2. The van der Waals surface area contributed by atoms with Crippen molar-refractivity contribution in [3.05, 3.63) is 54.9 Å². The fraction of sp³-hybridized carbons (Fsp3) is 0.286. The van der Waals surface area contributed by atoms with E-state index >= 15 is 0 Å². The molecule has 28 heavy (non-hydrogen) atoms. The first-order chi connectivity index (χ1) is 13.8. The van der Waals surface area contributed by atoms with Gasteiger partial charge in [-0.05, 0) is 37.1 Å². The second-order valence-electron chi connectivity index (χ2n) is 7.18. The topological polar surface area (TPSA) is 74.7 Å². The predicted octanol–water partition coefficient (Wildman–Crippen LogP) is 2.91. The second kappa shape index (κ2) is 6.98. The lowest BCUT2D eigenvalue weighted by atomic mass is 10.1. The highest BCUT2D eigenvalue weighted by Gasteiger charge is 2.22. The van der Waals surface area contributed by atoms with E-state index < -0.39 is 0 Å². The summed E-state index contributed by atoms with van der Waals surface area (Å²) in [5.41, 5.74) is 7.67. The largest absolute Gasteiger partial charge is 0.320 e. The SMILES string of the molecule is N#CCN1CCC(Nn2c(-n3cnc4ccccc43)nc3ccccc32)CC1. The van der Waals surface area contributed by atoms with Crippen molar-refractivity contribution in [3.63, 3.8) is 0 Å². The standard InChI is InChI=1S/C21H21N7/c22-11-14-26-12-9-16(10-13-26)25-28-20-8-4-2-6-18(20)24-21(28)27-15-23-17-5-1-3-7-19(17)27/h1-8,15-16,25H,9-10,12-14H2. The number of rotatable bonds is 4. The van der Waals surface area contributed by atoms with Crippen LogP contribution in [0.3, 0.4) is 0 Å². The van der Waals surface area contributed by atoms with E-state index in [0.29, 0.717) is 12.6 Å². The molecule has 7 nitrogen and oxygen atoms in total. The van der Waals surface area contributed by atoms with Gasteiger partial charge in [-0.3, -0.25) is 9.47 Å². The molecular weight excluding hydrogens is 350 g/mol. The van der Waals surface area contributed by atoms with Gasteiger partial charge < -0.3 is 5.43 Å². The zero-order valence-corrected chi connectivity index (χ0v) is 15.5. The van der Waals surface area contributed by atoms with Crippen molar-refractivity contribution >= 4 is 22.1 Å². The summed E-state index contributed by atoms with van der Waals surface area (Å²) in [6, 6.07) is 18.8. The van der Waals surface area contributed by atoms with Gasteiger partial charge in [0.1, 0.15) is 6.33 Å². The van der Waals surface area contributed by atoms with Gasteiger partial charge in [0.2, 0.25) is 5.95 Å². The zero-order valence-electron chi connectivity index (χ0n) is 15.5. The molecule has 1 aliphatic heterocycles. The Labute approximate surface area is 162 Å². The molecule has 3 heterocycles. The molecule has 4 aromatic rings. The molecule has 5 rings (SSSR count). The van der Waals surface area contributed by atoms with Gasteiger partial charge in [0.15, 0.2) is 0 Å². The molecule has 1 saturated heterocycles. The molecule has 0 saturated carbocycles. The summed E-state index contributed by atoms with van der Waals surface area (Å²) in [4.78, 5) is 11.6. The minimum Gasteiger partial charge on any atom is -0.320 e. The van der Waals surface area contributed by atoms with Crippen LogP contribution in [0.25, 0.3) is 28.0 Å². The summed E-state index contributed by atoms with van der Waals surface area (Å²) in [7, 11) is 0. The maximum absolute atomic E-state index is 8.91. The number of hydrogen-bond acceptors (Lipinski definition) is 5. The molecule has 2 aromatic heterocycles. The van der Waals surface area contributed by atoms with Crippen molar-refractivity contribution in [1.82, 2.24) is 24.1 Å². The van der Waals surface area contributed by atoms with Crippen molar-refractivity contribution in [1.29, 1.82) is 5.26 Å². The van der Waals surface area contributed by atoms with E-state index in [1.54, 1.807) is 0 Å². The quantitative estimate of drug-likeness (QED) is 0.558. The zero-order chi connectivity index (χ0) is 18.9. The van der Waals surface area contributed by atoms with Crippen LogP contribution in [0.15, 0.2) is 54.9 Å². The molecule has 1 fully saturated rings. The minimum absolute atomic E-state index is 0.334. The molecule has 0 amide bonds. The van der Waals surface area contributed by atoms with Crippen LogP contribution in [-0.4, -0.2) is 49.8 Å². The number of para-hydroxylation sites is 4. The van der Waals surface area contributed by atoms with E-state index in [1.165, 1.54) is 0 Å². The Morgan fingerprint density at radius 2 is 1.71 bits per heavy atom. The maximum Gasteiger partial charge on any atom is 0.235 e. The Bertz CT molecular complexity index is 1160. The van der Waals surface area contributed by atoms with E-state index in [2.05, 4.69) is 38.2 Å². The predicted molar refractivity (Wildman–Crippen MR) is 109 cm³/mol. The molecule has 2 aromatic carbocycles. The van der Waals surface area contributed by atoms with E-state index in [0.717, 1.165) is 53.9 Å². The molecule has 0 aliphatic carbocycles. The fourth-order valence-corrected chi connectivity index (χ4v) is 3.92. The third-order valence-corrected chi connectivity index (χ3v) is 5.41. The first-order valence-corrected chi connectivity index (χ1v) is 9.59. The van der Waals surface area contributed by atoms with Crippen LogP contribution in [0.4, 0.5) is 0 Å². The van der Waals surface area contributed by atoms with Crippen molar-refractivity contribution < 1.29 is 0 Å². The van der Waals surface area contributed by atoms with Gasteiger partial charge in [-0.1, -0.05) is 24.3 Å².